The van der Waals surface area contributed by atoms with E-state index >= 15 is 0 Å². The fraction of sp³-hybridized carbons (Fsp3) is 0.909. The van der Waals surface area contributed by atoms with Gasteiger partial charge in [0, 0.05) is 5.54 Å². The van der Waals surface area contributed by atoms with Gasteiger partial charge in [-0.05, 0) is 19.3 Å². The van der Waals surface area contributed by atoms with Crippen LogP contribution in [-0.2, 0) is 0 Å². The lowest BCUT2D eigenvalue weighted by atomic mass is 9.81. The van der Waals surface area contributed by atoms with Gasteiger partial charge in [-0.3, -0.25) is 5.32 Å². The van der Waals surface area contributed by atoms with Gasteiger partial charge in [0.25, 0.3) is 0 Å². The maximum Gasteiger partial charge on any atom is 0.156 e. The molecule has 0 aromatic rings. The lowest BCUT2D eigenvalue weighted by Crippen LogP contribution is -2.57. The lowest BCUT2D eigenvalue weighted by Gasteiger charge is -2.39. The molecule has 1 saturated carbocycles. The predicted octanol–water partition coefficient (Wildman–Crippen LogP) is 0.796. The molecule has 1 atom stereocenters. The van der Waals surface area contributed by atoms with Gasteiger partial charge in [0.05, 0.1) is 12.6 Å². The summed E-state index contributed by atoms with van der Waals surface area (Å²) in [6.07, 6.45) is 6.14. The largest absolute Gasteiger partial charge is 0.409 e. The Balaban J connectivity index is 2.66. The molecule has 1 unspecified atom stereocenters. The Morgan fingerprint density at radius 3 is 2.50 bits per heavy atom. The van der Waals surface area contributed by atoms with Gasteiger partial charge in [-0.25, -0.2) is 0 Å². The summed E-state index contributed by atoms with van der Waals surface area (Å²) in [5.74, 6) is 0.195. The van der Waals surface area contributed by atoms with Gasteiger partial charge in [0.15, 0.2) is 5.84 Å². The Morgan fingerprint density at radius 1 is 1.44 bits per heavy atom. The van der Waals surface area contributed by atoms with Crippen molar-refractivity contribution < 1.29 is 10.3 Å². The van der Waals surface area contributed by atoms with Crippen LogP contribution in [0.1, 0.15) is 45.4 Å². The van der Waals surface area contributed by atoms with E-state index in [4.69, 9.17) is 10.9 Å². The van der Waals surface area contributed by atoms with Crippen molar-refractivity contribution in [1.82, 2.24) is 5.32 Å². The maximum atomic E-state index is 9.53. The molecule has 1 aliphatic carbocycles. The molecule has 1 fully saturated rings. The van der Waals surface area contributed by atoms with Crippen LogP contribution in [0, 0.1) is 0 Å². The van der Waals surface area contributed by atoms with Gasteiger partial charge < -0.3 is 16.0 Å². The van der Waals surface area contributed by atoms with Gasteiger partial charge in [-0.15, -0.1) is 0 Å². The van der Waals surface area contributed by atoms with Gasteiger partial charge in [0.1, 0.15) is 0 Å². The van der Waals surface area contributed by atoms with Crippen molar-refractivity contribution in [3.05, 3.63) is 0 Å². The van der Waals surface area contributed by atoms with Gasteiger partial charge in [-0.1, -0.05) is 31.3 Å². The maximum absolute atomic E-state index is 9.53. The minimum atomic E-state index is -0.242. The zero-order valence-electron chi connectivity index (χ0n) is 9.95. The average molecular weight is 229 g/mol. The monoisotopic (exact) mass is 229 g/mol. The second-order valence-corrected chi connectivity index (χ2v) is 4.63. The summed E-state index contributed by atoms with van der Waals surface area (Å²) >= 11 is 0. The first kappa shape index (κ1) is 13.3. The molecule has 94 valence electrons. The third kappa shape index (κ3) is 3.09. The van der Waals surface area contributed by atoms with Crippen LogP contribution in [0.5, 0.6) is 0 Å². The van der Waals surface area contributed by atoms with Gasteiger partial charge in [-0.2, -0.15) is 0 Å². The predicted molar refractivity (Wildman–Crippen MR) is 63.5 cm³/mol. The topological polar surface area (TPSA) is 90.9 Å². The third-order valence-electron chi connectivity index (χ3n) is 3.47. The molecule has 0 spiro atoms. The number of rotatable bonds is 5. The first-order valence-corrected chi connectivity index (χ1v) is 6.03. The molecule has 1 rings (SSSR count). The van der Waals surface area contributed by atoms with Crippen molar-refractivity contribution >= 4 is 5.84 Å². The number of aliphatic hydroxyl groups is 1. The molecule has 5 nitrogen and oxygen atoms in total. The van der Waals surface area contributed by atoms with Crippen molar-refractivity contribution in [3.8, 4) is 0 Å². The summed E-state index contributed by atoms with van der Waals surface area (Å²) in [5, 5.41) is 24.6. The molecule has 0 aliphatic heterocycles. The van der Waals surface area contributed by atoms with Crippen LogP contribution in [0.15, 0.2) is 5.16 Å². The van der Waals surface area contributed by atoms with Crippen molar-refractivity contribution in [1.29, 1.82) is 0 Å². The zero-order valence-corrected chi connectivity index (χ0v) is 9.95. The molecule has 0 aromatic heterocycles. The van der Waals surface area contributed by atoms with E-state index in [0.717, 1.165) is 32.1 Å². The third-order valence-corrected chi connectivity index (χ3v) is 3.47. The van der Waals surface area contributed by atoms with E-state index in [1.807, 2.05) is 6.92 Å². The van der Waals surface area contributed by atoms with E-state index in [1.165, 1.54) is 6.42 Å². The SMILES string of the molecule is CCC(NC1(CO)CCCCC1)C(N)=NO. The van der Waals surface area contributed by atoms with Crippen molar-refractivity contribution in [2.45, 2.75) is 57.0 Å². The Bertz CT molecular complexity index is 237. The van der Waals surface area contributed by atoms with Crippen molar-refractivity contribution in [3.63, 3.8) is 0 Å². The van der Waals surface area contributed by atoms with Crippen LogP contribution in [0.25, 0.3) is 0 Å². The number of nitrogens with zero attached hydrogens (tertiary/aromatic N) is 1. The zero-order chi connectivity index (χ0) is 12.0. The number of oxime groups is 1. The Hall–Kier alpha value is -0.810. The quantitative estimate of drug-likeness (QED) is 0.243. The summed E-state index contributed by atoms with van der Waals surface area (Å²) in [5.41, 5.74) is 5.37. The Morgan fingerprint density at radius 2 is 2.06 bits per heavy atom. The molecule has 0 heterocycles. The van der Waals surface area contributed by atoms with E-state index in [2.05, 4.69) is 10.5 Å². The smallest absolute Gasteiger partial charge is 0.156 e. The van der Waals surface area contributed by atoms with Crippen LogP contribution < -0.4 is 11.1 Å². The first-order valence-electron chi connectivity index (χ1n) is 6.03. The highest BCUT2D eigenvalue weighted by Crippen LogP contribution is 2.28. The molecule has 16 heavy (non-hydrogen) atoms. The fourth-order valence-electron chi connectivity index (χ4n) is 2.40. The summed E-state index contributed by atoms with van der Waals surface area (Å²) in [6.45, 7) is 2.09. The molecule has 5 N–H and O–H groups in total. The molecule has 0 amide bonds. The van der Waals surface area contributed by atoms with E-state index < -0.39 is 0 Å². The highest BCUT2D eigenvalue weighted by Gasteiger charge is 2.33. The summed E-state index contributed by atoms with van der Waals surface area (Å²) in [6, 6.07) is -0.157. The molecule has 5 heteroatoms. The standard InChI is InChI=1S/C11H23N3O2/c1-2-9(10(12)14-16)13-11(8-15)6-4-3-5-7-11/h9,13,15-16H,2-8H2,1H3,(H2,12,14). The van der Waals surface area contributed by atoms with E-state index in [0.29, 0.717) is 0 Å². The van der Waals surface area contributed by atoms with Crippen molar-refractivity contribution in [2.24, 2.45) is 10.9 Å². The van der Waals surface area contributed by atoms with Crippen molar-refractivity contribution in [2.75, 3.05) is 6.61 Å². The molecular weight excluding hydrogens is 206 g/mol. The summed E-state index contributed by atoms with van der Waals surface area (Å²) < 4.78 is 0. The van der Waals surface area contributed by atoms with Gasteiger partial charge in [0.2, 0.25) is 0 Å². The van der Waals surface area contributed by atoms with Crippen LogP contribution >= 0.6 is 0 Å². The van der Waals surface area contributed by atoms with Crippen LogP contribution in [0.3, 0.4) is 0 Å². The second kappa shape index (κ2) is 6.06. The lowest BCUT2D eigenvalue weighted by molar-refractivity contribution is 0.115. The number of hydrogen-bond acceptors (Lipinski definition) is 4. The Labute approximate surface area is 96.7 Å². The molecule has 1 aliphatic rings. The molecular formula is C11H23N3O2. The van der Waals surface area contributed by atoms with Gasteiger partial charge >= 0.3 is 0 Å². The Kier molecular flexibility index (Phi) is 5.02. The summed E-state index contributed by atoms with van der Waals surface area (Å²) in [4.78, 5) is 0. The highest BCUT2D eigenvalue weighted by atomic mass is 16.4. The van der Waals surface area contributed by atoms with Crippen LogP contribution in [0.2, 0.25) is 0 Å². The number of aliphatic hydroxyl groups excluding tert-OH is 1. The fourth-order valence-corrected chi connectivity index (χ4v) is 2.40. The number of nitrogens with one attached hydrogen (secondary N) is 1. The highest BCUT2D eigenvalue weighted by molar-refractivity contribution is 5.85. The normalized spacial score (nSPS) is 23.0. The minimum Gasteiger partial charge on any atom is -0.409 e. The molecule has 0 bridgehead atoms. The van der Waals surface area contributed by atoms with E-state index in [-0.39, 0.29) is 24.0 Å². The molecule has 0 saturated heterocycles. The van der Waals surface area contributed by atoms with Crippen LogP contribution in [-0.4, -0.2) is 34.3 Å². The number of nitrogens with two attached hydrogens (primary N) is 1. The second-order valence-electron chi connectivity index (χ2n) is 4.63. The molecule has 0 radical (unpaired) electrons. The van der Waals surface area contributed by atoms with E-state index in [1.54, 1.807) is 0 Å². The molecule has 0 aromatic carbocycles. The minimum absolute atomic E-state index is 0.113. The first-order chi connectivity index (χ1) is 7.67. The average Bonchev–Trinajstić information content (AvgIpc) is 2.36. The number of hydrogen-bond donors (Lipinski definition) is 4. The number of amidine groups is 1. The summed E-state index contributed by atoms with van der Waals surface area (Å²) in [7, 11) is 0. The van der Waals surface area contributed by atoms with E-state index in [9.17, 15) is 5.11 Å². The van der Waals surface area contributed by atoms with Crippen LogP contribution in [0.4, 0.5) is 0 Å².